The van der Waals surface area contributed by atoms with E-state index in [0.717, 1.165) is 49.9 Å². The maximum Gasteiger partial charge on any atom is 0.416 e. The van der Waals surface area contributed by atoms with Crippen molar-refractivity contribution in [2.45, 2.75) is 37.3 Å². The highest BCUT2D eigenvalue weighted by atomic mass is 32.1. The Morgan fingerprint density at radius 1 is 1.04 bits per heavy atom. The molecule has 2 amide bonds. The van der Waals surface area contributed by atoms with E-state index in [1.54, 1.807) is 11.3 Å². The minimum Gasteiger partial charge on any atom is -0.354 e. The molecule has 4 nitrogen and oxygen atoms in total. The summed E-state index contributed by atoms with van der Waals surface area (Å²) in [6.45, 7) is 0.295. The Morgan fingerprint density at radius 2 is 1.71 bits per heavy atom. The van der Waals surface area contributed by atoms with Gasteiger partial charge in [-0.1, -0.05) is 18.9 Å². The molecule has 3 rings (SSSR count). The van der Waals surface area contributed by atoms with Crippen LogP contribution in [0.3, 0.4) is 0 Å². The van der Waals surface area contributed by atoms with Crippen LogP contribution in [0.4, 0.5) is 13.2 Å². The van der Waals surface area contributed by atoms with Crippen LogP contribution >= 0.6 is 11.3 Å². The van der Waals surface area contributed by atoms with E-state index in [2.05, 4.69) is 16.7 Å². The number of carbonyl (C=O) groups excluding carboxylic acids is 2. The summed E-state index contributed by atoms with van der Waals surface area (Å²) in [7, 11) is 0. The van der Waals surface area contributed by atoms with Gasteiger partial charge in [-0.05, 0) is 48.6 Å². The number of halogens is 3. The monoisotopic (exact) mass is 410 g/mol. The molecule has 0 unspecified atom stereocenters. The van der Waals surface area contributed by atoms with Gasteiger partial charge >= 0.3 is 6.18 Å². The number of alkyl halides is 3. The van der Waals surface area contributed by atoms with Crippen LogP contribution in [0.25, 0.3) is 0 Å². The number of thiophene rings is 1. The van der Waals surface area contributed by atoms with Gasteiger partial charge in [-0.3, -0.25) is 9.59 Å². The van der Waals surface area contributed by atoms with Crippen molar-refractivity contribution in [2.24, 2.45) is 0 Å². The van der Waals surface area contributed by atoms with Crippen molar-refractivity contribution in [3.63, 3.8) is 0 Å². The second-order valence-corrected chi connectivity index (χ2v) is 7.95. The normalized spacial score (nSPS) is 16.0. The van der Waals surface area contributed by atoms with Crippen molar-refractivity contribution in [2.75, 3.05) is 13.1 Å². The Kier molecular flexibility index (Phi) is 6.07. The lowest BCUT2D eigenvalue weighted by molar-refractivity contribution is -0.137. The van der Waals surface area contributed by atoms with Crippen LogP contribution in [0, 0.1) is 0 Å². The van der Waals surface area contributed by atoms with Crippen LogP contribution in [0.2, 0.25) is 0 Å². The standard InChI is InChI=1S/C20H21F3N2O2S/c21-20(22,23)15-7-5-14(6-8-15)18(27)24-12-17(26)25-13-19(9-1-2-10-19)16-4-3-11-28-16/h3-8,11H,1-2,9-10,12-13H2,(H,24,27)(H,25,26). The van der Waals surface area contributed by atoms with Crippen LogP contribution < -0.4 is 10.6 Å². The molecule has 0 aliphatic heterocycles. The Bertz CT molecular complexity index is 811. The first-order chi connectivity index (χ1) is 13.3. The van der Waals surface area contributed by atoms with Gasteiger partial charge in [0.2, 0.25) is 5.91 Å². The molecule has 1 aliphatic rings. The average molecular weight is 410 g/mol. The van der Waals surface area contributed by atoms with E-state index in [1.807, 2.05) is 11.4 Å². The summed E-state index contributed by atoms with van der Waals surface area (Å²) < 4.78 is 37.7. The van der Waals surface area contributed by atoms with Gasteiger partial charge in [0.15, 0.2) is 0 Å². The number of carbonyl (C=O) groups is 2. The summed E-state index contributed by atoms with van der Waals surface area (Å²) in [4.78, 5) is 25.5. The molecule has 0 saturated heterocycles. The zero-order chi connectivity index (χ0) is 20.2. The van der Waals surface area contributed by atoms with Crippen LogP contribution in [0.1, 0.15) is 46.5 Å². The van der Waals surface area contributed by atoms with E-state index < -0.39 is 17.6 Å². The third kappa shape index (κ3) is 4.73. The zero-order valence-electron chi connectivity index (χ0n) is 15.1. The Morgan fingerprint density at radius 3 is 2.29 bits per heavy atom. The number of hydrogen-bond donors (Lipinski definition) is 2. The lowest BCUT2D eigenvalue weighted by Gasteiger charge is -2.28. The molecule has 1 saturated carbocycles. The van der Waals surface area contributed by atoms with E-state index in [1.165, 1.54) is 4.88 Å². The maximum absolute atomic E-state index is 12.6. The molecule has 1 fully saturated rings. The fourth-order valence-corrected chi connectivity index (χ4v) is 4.53. The second-order valence-electron chi connectivity index (χ2n) is 7.00. The molecule has 1 aliphatic carbocycles. The molecular formula is C20H21F3N2O2S. The van der Waals surface area contributed by atoms with E-state index in [0.29, 0.717) is 6.54 Å². The van der Waals surface area contributed by atoms with Crippen molar-refractivity contribution in [3.05, 3.63) is 57.8 Å². The maximum atomic E-state index is 12.6. The Balaban J connectivity index is 1.51. The van der Waals surface area contributed by atoms with Gasteiger partial charge in [0.1, 0.15) is 0 Å². The average Bonchev–Trinajstić information content (AvgIpc) is 3.36. The summed E-state index contributed by atoms with van der Waals surface area (Å²) >= 11 is 1.69. The SMILES string of the molecule is O=C(CNC(=O)c1ccc(C(F)(F)F)cc1)NCC1(c2cccs2)CCCC1. The quantitative estimate of drug-likeness (QED) is 0.753. The predicted molar refractivity (Wildman–Crippen MR) is 101 cm³/mol. The van der Waals surface area contributed by atoms with Crippen LogP contribution in [0.5, 0.6) is 0 Å². The minimum atomic E-state index is -4.45. The molecule has 8 heteroatoms. The van der Waals surface area contributed by atoms with E-state index in [4.69, 9.17) is 0 Å². The highest BCUT2D eigenvalue weighted by Crippen LogP contribution is 2.42. The molecule has 2 N–H and O–H groups in total. The number of amides is 2. The Hall–Kier alpha value is -2.35. The molecule has 0 radical (unpaired) electrons. The van der Waals surface area contributed by atoms with Crippen molar-refractivity contribution in [1.29, 1.82) is 0 Å². The summed E-state index contributed by atoms with van der Waals surface area (Å²) in [5.41, 5.74) is -0.787. The first-order valence-electron chi connectivity index (χ1n) is 9.06. The number of hydrogen-bond acceptors (Lipinski definition) is 3. The Labute approximate surface area is 165 Å². The topological polar surface area (TPSA) is 58.2 Å². The third-order valence-electron chi connectivity index (χ3n) is 5.11. The first-order valence-corrected chi connectivity index (χ1v) is 9.94. The van der Waals surface area contributed by atoms with Gasteiger partial charge in [-0.2, -0.15) is 13.2 Å². The van der Waals surface area contributed by atoms with Crippen LogP contribution in [-0.4, -0.2) is 24.9 Å². The van der Waals surface area contributed by atoms with Crippen molar-refractivity contribution in [1.82, 2.24) is 10.6 Å². The van der Waals surface area contributed by atoms with Gasteiger partial charge < -0.3 is 10.6 Å². The molecule has 2 aromatic rings. The molecule has 0 spiro atoms. The van der Waals surface area contributed by atoms with Crippen LogP contribution in [-0.2, 0) is 16.4 Å². The molecule has 0 bridgehead atoms. The van der Waals surface area contributed by atoms with Gasteiger partial charge in [-0.15, -0.1) is 11.3 Å². The number of benzene rings is 1. The molecule has 28 heavy (non-hydrogen) atoms. The zero-order valence-corrected chi connectivity index (χ0v) is 16.0. The number of rotatable bonds is 6. The lowest BCUT2D eigenvalue weighted by atomic mass is 9.84. The number of nitrogens with one attached hydrogen (secondary N) is 2. The van der Waals surface area contributed by atoms with E-state index in [9.17, 15) is 22.8 Å². The van der Waals surface area contributed by atoms with Gasteiger partial charge in [0, 0.05) is 22.4 Å². The van der Waals surface area contributed by atoms with E-state index in [-0.39, 0.29) is 23.4 Å². The van der Waals surface area contributed by atoms with Crippen LogP contribution in [0.15, 0.2) is 41.8 Å². The molecule has 1 heterocycles. The minimum absolute atomic E-state index is 0.0404. The molecular weight excluding hydrogens is 389 g/mol. The van der Waals surface area contributed by atoms with Crippen molar-refractivity contribution in [3.8, 4) is 0 Å². The van der Waals surface area contributed by atoms with Gasteiger partial charge in [0.25, 0.3) is 5.91 Å². The largest absolute Gasteiger partial charge is 0.416 e. The van der Waals surface area contributed by atoms with Gasteiger partial charge in [-0.25, -0.2) is 0 Å². The fraction of sp³-hybridized carbons (Fsp3) is 0.400. The highest BCUT2D eigenvalue weighted by molar-refractivity contribution is 7.10. The lowest BCUT2D eigenvalue weighted by Crippen LogP contribution is -2.43. The van der Waals surface area contributed by atoms with Crippen molar-refractivity contribution >= 4 is 23.2 Å². The summed E-state index contributed by atoms with van der Waals surface area (Å²) in [6, 6.07) is 7.99. The molecule has 1 aromatic heterocycles. The predicted octanol–water partition coefficient (Wildman–Crippen LogP) is 4.12. The highest BCUT2D eigenvalue weighted by Gasteiger charge is 2.36. The van der Waals surface area contributed by atoms with E-state index >= 15 is 0 Å². The second kappa shape index (κ2) is 8.34. The van der Waals surface area contributed by atoms with Crippen molar-refractivity contribution < 1.29 is 22.8 Å². The molecule has 0 atom stereocenters. The third-order valence-corrected chi connectivity index (χ3v) is 6.23. The summed E-state index contributed by atoms with van der Waals surface area (Å²) in [5, 5.41) is 7.37. The summed E-state index contributed by atoms with van der Waals surface area (Å²) in [6.07, 6.45) is -0.165. The molecule has 150 valence electrons. The fourth-order valence-electron chi connectivity index (χ4n) is 3.55. The molecule has 1 aromatic carbocycles. The smallest absolute Gasteiger partial charge is 0.354 e. The first kappa shape index (κ1) is 20.4. The summed E-state index contributed by atoms with van der Waals surface area (Å²) in [5.74, 6) is -0.902. The van der Waals surface area contributed by atoms with Gasteiger partial charge in [0.05, 0.1) is 12.1 Å².